The molecule has 1 atom stereocenters. The SMILES string of the molecule is COc1ccc(C2SCCN2S(=O)(=O)c2cn(C(C)C)cn2)cc1OC. The van der Waals surface area contributed by atoms with Gasteiger partial charge in [-0.25, -0.2) is 13.4 Å². The minimum atomic E-state index is -3.68. The van der Waals surface area contributed by atoms with Crippen molar-refractivity contribution >= 4 is 21.8 Å². The number of imidazole rings is 1. The number of sulfonamides is 1. The van der Waals surface area contributed by atoms with Gasteiger partial charge in [0.25, 0.3) is 10.0 Å². The molecule has 1 saturated heterocycles. The van der Waals surface area contributed by atoms with Crippen LogP contribution in [-0.4, -0.2) is 48.8 Å². The molecule has 0 radical (unpaired) electrons. The van der Waals surface area contributed by atoms with E-state index < -0.39 is 10.0 Å². The number of ether oxygens (including phenoxy) is 2. The number of hydrogen-bond donors (Lipinski definition) is 0. The van der Waals surface area contributed by atoms with Crippen molar-refractivity contribution in [2.24, 2.45) is 0 Å². The van der Waals surface area contributed by atoms with Gasteiger partial charge in [0, 0.05) is 24.5 Å². The highest BCUT2D eigenvalue weighted by Gasteiger charge is 2.38. The number of methoxy groups -OCH3 is 2. The van der Waals surface area contributed by atoms with Crippen molar-refractivity contribution in [2.45, 2.75) is 30.3 Å². The summed E-state index contributed by atoms with van der Waals surface area (Å²) < 4.78 is 40.1. The Labute approximate surface area is 158 Å². The summed E-state index contributed by atoms with van der Waals surface area (Å²) in [5.74, 6) is 1.92. The van der Waals surface area contributed by atoms with Crippen LogP contribution in [0, 0.1) is 0 Å². The van der Waals surface area contributed by atoms with Crippen LogP contribution in [0.5, 0.6) is 11.5 Å². The van der Waals surface area contributed by atoms with Crippen LogP contribution in [0.4, 0.5) is 0 Å². The fourth-order valence-electron chi connectivity index (χ4n) is 2.82. The molecule has 142 valence electrons. The van der Waals surface area contributed by atoms with Gasteiger partial charge >= 0.3 is 0 Å². The van der Waals surface area contributed by atoms with Crippen molar-refractivity contribution in [1.82, 2.24) is 13.9 Å². The molecule has 9 heteroatoms. The molecule has 3 rings (SSSR count). The second-order valence-electron chi connectivity index (χ2n) is 6.21. The van der Waals surface area contributed by atoms with Crippen LogP contribution in [0.25, 0.3) is 0 Å². The van der Waals surface area contributed by atoms with Crippen LogP contribution in [0.1, 0.15) is 30.8 Å². The normalized spacial score (nSPS) is 18.4. The summed E-state index contributed by atoms with van der Waals surface area (Å²) in [5.41, 5.74) is 0.858. The highest BCUT2D eigenvalue weighted by Crippen LogP contribution is 2.43. The molecule has 0 aliphatic carbocycles. The van der Waals surface area contributed by atoms with E-state index in [9.17, 15) is 8.42 Å². The van der Waals surface area contributed by atoms with Crippen molar-refractivity contribution in [3.63, 3.8) is 0 Å². The molecule has 0 bridgehead atoms. The van der Waals surface area contributed by atoms with E-state index in [0.717, 1.165) is 11.3 Å². The third-order valence-electron chi connectivity index (χ3n) is 4.29. The fraction of sp³-hybridized carbons (Fsp3) is 0.471. The molecule has 1 fully saturated rings. The summed E-state index contributed by atoms with van der Waals surface area (Å²) in [4.78, 5) is 4.12. The molecule has 1 aromatic carbocycles. The molecule has 1 unspecified atom stereocenters. The van der Waals surface area contributed by atoms with Gasteiger partial charge in [0.2, 0.25) is 0 Å². The minimum absolute atomic E-state index is 0.0826. The zero-order valence-corrected chi connectivity index (χ0v) is 16.9. The lowest BCUT2D eigenvalue weighted by atomic mass is 10.2. The Morgan fingerprint density at radius 3 is 2.58 bits per heavy atom. The molecule has 0 amide bonds. The molecular weight excluding hydrogens is 374 g/mol. The summed E-state index contributed by atoms with van der Waals surface area (Å²) in [6.07, 6.45) is 3.15. The number of nitrogens with zero attached hydrogens (tertiary/aromatic N) is 3. The average Bonchev–Trinajstić information content (AvgIpc) is 3.31. The Morgan fingerprint density at radius 2 is 1.96 bits per heavy atom. The largest absolute Gasteiger partial charge is 0.493 e. The zero-order valence-electron chi connectivity index (χ0n) is 15.2. The van der Waals surface area contributed by atoms with Crippen molar-refractivity contribution in [1.29, 1.82) is 0 Å². The Morgan fingerprint density at radius 1 is 1.23 bits per heavy atom. The van der Waals surface area contributed by atoms with E-state index in [0.29, 0.717) is 18.0 Å². The Bertz CT molecular complexity index is 880. The summed E-state index contributed by atoms with van der Waals surface area (Å²) >= 11 is 1.59. The highest BCUT2D eigenvalue weighted by atomic mass is 32.2. The van der Waals surface area contributed by atoms with Gasteiger partial charge in [-0.2, -0.15) is 4.31 Å². The lowest BCUT2D eigenvalue weighted by Gasteiger charge is -2.23. The monoisotopic (exact) mass is 397 g/mol. The van der Waals surface area contributed by atoms with Crippen molar-refractivity contribution in [3.05, 3.63) is 36.3 Å². The summed E-state index contributed by atoms with van der Waals surface area (Å²) in [6.45, 7) is 4.41. The maximum absolute atomic E-state index is 13.1. The van der Waals surface area contributed by atoms with E-state index in [1.54, 1.807) is 49.1 Å². The van der Waals surface area contributed by atoms with E-state index >= 15 is 0 Å². The minimum Gasteiger partial charge on any atom is -0.493 e. The smallest absolute Gasteiger partial charge is 0.263 e. The van der Waals surface area contributed by atoms with E-state index in [2.05, 4.69) is 4.98 Å². The van der Waals surface area contributed by atoms with E-state index in [4.69, 9.17) is 9.47 Å². The molecule has 1 aliphatic rings. The van der Waals surface area contributed by atoms with Gasteiger partial charge in [-0.1, -0.05) is 6.07 Å². The van der Waals surface area contributed by atoms with Gasteiger partial charge in [0.05, 0.1) is 25.9 Å². The van der Waals surface area contributed by atoms with Crippen molar-refractivity contribution < 1.29 is 17.9 Å². The predicted molar refractivity (Wildman–Crippen MR) is 101 cm³/mol. The van der Waals surface area contributed by atoms with Crippen molar-refractivity contribution in [3.8, 4) is 11.5 Å². The second-order valence-corrected chi connectivity index (χ2v) is 9.23. The maximum atomic E-state index is 13.1. The van der Waals surface area contributed by atoms with E-state index in [1.807, 2.05) is 26.0 Å². The standard InChI is InChI=1S/C17H23N3O4S2/c1-12(2)19-10-16(18-11-19)26(21,22)20-7-8-25-17(20)13-5-6-14(23-3)15(9-13)24-4/h5-6,9-12,17H,7-8H2,1-4H3. The Balaban J connectivity index is 1.94. The quantitative estimate of drug-likeness (QED) is 0.746. The van der Waals surface area contributed by atoms with Crippen molar-refractivity contribution in [2.75, 3.05) is 26.5 Å². The third-order valence-corrected chi connectivity index (χ3v) is 7.43. The molecule has 1 aromatic heterocycles. The first kappa shape index (κ1) is 19.1. The van der Waals surface area contributed by atoms with Crippen LogP contribution in [-0.2, 0) is 10.0 Å². The van der Waals surface area contributed by atoms with Crippen LogP contribution in [0.3, 0.4) is 0 Å². The molecule has 0 N–H and O–H groups in total. The maximum Gasteiger partial charge on any atom is 0.263 e. The zero-order chi connectivity index (χ0) is 18.9. The molecule has 0 saturated carbocycles. The number of rotatable bonds is 6. The van der Waals surface area contributed by atoms with Gasteiger partial charge in [0.1, 0.15) is 0 Å². The van der Waals surface area contributed by atoms with Gasteiger partial charge < -0.3 is 14.0 Å². The first-order chi connectivity index (χ1) is 12.4. The first-order valence-corrected chi connectivity index (χ1v) is 10.8. The van der Waals surface area contributed by atoms with Gasteiger partial charge in [0.15, 0.2) is 16.5 Å². The molecule has 1 aliphatic heterocycles. The van der Waals surface area contributed by atoms with Crippen LogP contribution in [0.15, 0.2) is 35.7 Å². The fourth-order valence-corrected chi connectivity index (χ4v) is 5.98. The van der Waals surface area contributed by atoms with Gasteiger partial charge in [-0.15, -0.1) is 11.8 Å². The van der Waals surface area contributed by atoms with Crippen LogP contribution in [0.2, 0.25) is 0 Å². The molecule has 26 heavy (non-hydrogen) atoms. The van der Waals surface area contributed by atoms with Crippen LogP contribution >= 0.6 is 11.8 Å². The molecule has 0 spiro atoms. The molecule has 2 heterocycles. The second kappa shape index (κ2) is 7.50. The summed E-state index contributed by atoms with van der Waals surface area (Å²) in [6, 6.07) is 5.66. The molecule has 7 nitrogen and oxygen atoms in total. The molecular formula is C17H23N3O4S2. The number of benzene rings is 1. The van der Waals surface area contributed by atoms with Crippen LogP contribution < -0.4 is 9.47 Å². The number of thioether (sulfide) groups is 1. The lowest BCUT2D eigenvalue weighted by Crippen LogP contribution is -2.30. The third kappa shape index (κ3) is 3.43. The predicted octanol–water partition coefficient (Wildman–Crippen LogP) is 2.92. The summed E-state index contributed by atoms with van der Waals surface area (Å²) in [7, 11) is -0.536. The highest BCUT2D eigenvalue weighted by molar-refractivity contribution is 8.00. The molecule has 2 aromatic rings. The summed E-state index contributed by atoms with van der Waals surface area (Å²) in [5, 5.41) is -0.233. The first-order valence-electron chi connectivity index (χ1n) is 8.27. The number of aromatic nitrogens is 2. The van der Waals surface area contributed by atoms with Gasteiger partial charge in [-0.05, 0) is 31.5 Å². The lowest BCUT2D eigenvalue weighted by molar-refractivity contribution is 0.353. The Hall–Kier alpha value is -1.71. The van der Waals surface area contributed by atoms with Gasteiger partial charge in [-0.3, -0.25) is 0 Å². The average molecular weight is 398 g/mol. The topological polar surface area (TPSA) is 73.7 Å². The Kier molecular flexibility index (Phi) is 5.50. The number of hydrogen-bond acceptors (Lipinski definition) is 6. The van der Waals surface area contributed by atoms with E-state index in [-0.39, 0.29) is 16.4 Å². The van der Waals surface area contributed by atoms with E-state index in [1.165, 1.54) is 4.31 Å².